The van der Waals surface area contributed by atoms with E-state index in [-0.39, 0.29) is 5.75 Å². The molecule has 0 saturated heterocycles. The topological polar surface area (TPSA) is 67.4 Å². The molecular weight excluding hydrogens is 335 g/mol. The van der Waals surface area contributed by atoms with Crippen LogP contribution in [0.15, 0.2) is 66.7 Å². The first kappa shape index (κ1) is 17.4. The summed E-state index contributed by atoms with van der Waals surface area (Å²) < 4.78 is 18.8. The number of fused-ring (bicyclic) bond motifs is 1. The van der Waals surface area contributed by atoms with Crippen LogP contribution in [-0.2, 0) is 4.79 Å². The quantitative estimate of drug-likeness (QED) is 0.709. The normalized spacial score (nSPS) is 11.6. The lowest BCUT2D eigenvalue weighted by molar-refractivity contribution is -0.128. The molecule has 1 unspecified atom stereocenters. The summed E-state index contributed by atoms with van der Waals surface area (Å²) in [7, 11) is 0. The molecule has 26 heavy (non-hydrogen) atoms. The number of benzene rings is 3. The van der Waals surface area contributed by atoms with Gasteiger partial charge in [-0.05, 0) is 42.0 Å². The summed E-state index contributed by atoms with van der Waals surface area (Å²) in [5.74, 6) is -1.65. The molecular formula is C20H17FN2O3. The lowest BCUT2D eigenvalue weighted by Gasteiger charge is -2.15. The SMILES string of the molecule is CC(Oc1ccccc1F)C(=O)NNC(=O)c1ccc2ccccc2c1. The Morgan fingerprint density at radius 1 is 0.923 bits per heavy atom. The maximum absolute atomic E-state index is 13.6. The van der Waals surface area contributed by atoms with Crippen LogP contribution in [0.2, 0.25) is 0 Å². The van der Waals surface area contributed by atoms with E-state index in [0.29, 0.717) is 5.56 Å². The van der Waals surface area contributed by atoms with E-state index in [1.165, 1.54) is 25.1 Å². The van der Waals surface area contributed by atoms with Crippen molar-refractivity contribution in [1.29, 1.82) is 0 Å². The van der Waals surface area contributed by atoms with Crippen molar-refractivity contribution in [3.8, 4) is 5.75 Å². The number of hydrogen-bond acceptors (Lipinski definition) is 3. The summed E-state index contributed by atoms with van der Waals surface area (Å²) >= 11 is 0. The van der Waals surface area contributed by atoms with Gasteiger partial charge in [-0.3, -0.25) is 20.4 Å². The fourth-order valence-corrected chi connectivity index (χ4v) is 2.41. The van der Waals surface area contributed by atoms with Crippen molar-refractivity contribution in [3.63, 3.8) is 0 Å². The van der Waals surface area contributed by atoms with Crippen LogP contribution >= 0.6 is 0 Å². The number of rotatable bonds is 4. The van der Waals surface area contributed by atoms with Gasteiger partial charge in [0.05, 0.1) is 0 Å². The molecule has 0 aliphatic rings. The summed E-state index contributed by atoms with van der Waals surface area (Å²) in [5.41, 5.74) is 5.02. The highest BCUT2D eigenvalue weighted by Gasteiger charge is 2.17. The summed E-state index contributed by atoms with van der Waals surface area (Å²) in [6.45, 7) is 1.46. The first-order valence-corrected chi connectivity index (χ1v) is 8.05. The summed E-state index contributed by atoms with van der Waals surface area (Å²) in [6.07, 6.45) is -0.983. The number of hydrogen-bond donors (Lipinski definition) is 2. The van der Waals surface area contributed by atoms with E-state index in [2.05, 4.69) is 10.9 Å². The fraction of sp³-hybridized carbons (Fsp3) is 0.100. The van der Waals surface area contributed by atoms with E-state index in [1.54, 1.807) is 18.2 Å². The van der Waals surface area contributed by atoms with Gasteiger partial charge in [0.15, 0.2) is 17.7 Å². The van der Waals surface area contributed by atoms with Crippen LogP contribution in [0, 0.1) is 5.82 Å². The van der Waals surface area contributed by atoms with Crippen molar-refractivity contribution in [2.75, 3.05) is 0 Å². The van der Waals surface area contributed by atoms with Gasteiger partial charge in [-0.1, -0.05) is 42.5 Å². The molecule has 0 aliphatic heterocycles. The van der Waals surface area contributed by atoms with E-state index in [1.807, 2.05) is 30.3 Å². The second-order valence-corrected chi connectivity index (χ2v) is 5.70. The number of halogens is 1. The molecule has 0 saturated carbocycles. The Morgan fingerprint density at radius 2 is 1.62 bits per heavy atom. The number of nitrogens with one attached hydrogen (secondary N) is 2. The Balaban J connectivity index is 1.59. The Bertz CT molecular complexity index is 958. The predicted molar refractivity (Wildman–Crippen MR) is 96.0 cm³/mol. The second kappa shape index (κ2) is 7.65. The van der Waals surface area contributed by atoms with Crippen LogP contribution in [0.25, 0.3) is 10.8 Å². The average Bonchev–Trinajstić information content (AvgIpc) is 2.67. The van der Waals surface area contributed by atoms with Crippen molar-refractivity contribution in [3.05, 3.63) is 78.1 Å². The number of amides is 2. The number of carbonyl (C=O) groups excluding carboxylic acids is 2. The zero-order valence-corrected chi connectivity index (χ0v) is 14.0. The number of ether oxygens (including phenoxy) is 1. The fourth-order valence-electron chi connectivity index (χ4n) is 2.41. The summed E-state index contributed by atoms with van der Waals surface area (Å²) in [4.78, 5) is 24.2. The maximum Gasteiger partial charge on any atom is 0.279 e. The molecule has 0 aromatic heterocycles. The van der Waals surface area contributed by atoms with Crippen LogP contribution in [0.5, 0.6) is 5.75 Å². The molecule has 3 rings (SSSR count). The molecule has 3 aromatic rings. The molecule has 0 radical (unpaired) electrons. The molecule has 5 nitrogen and oxygen atoms in total. The molecule has 1 atom stereocenters. The molecule has 0 aliphatic carbocycles. The number of hydrazine groups is 1. The van der Waals surface area contributed by atoms with Crippen LogP contribution in [-0.4, -0.2) is 17.9 Å². The molecule has 6 heteroatoms. The van der Waals surface area contributed by atoms with E-state index in [0.717, 1.165) is 10.8 Å². The van der Waals surface area contributed by atoms with Gasteiger partial charge in [0, 0.05) is 5.56 Å². The lowest BCUT2D eigenvalue weighted by Crippen LogP contribution is -2.47. The molecule has 2 N–H and O–H groups in total. The van der Waals surface area contributed by atoms with Crippen molar-refractivity contribution >= 4 is 22.6 Å². The molecule has 0 fully saturated rings. The van der Waals surface area contributed by atoms with Gasteiger partial charge in [0.1, 0.15) is 0 Å². The molecule has 0 spiro atoms. The average molecular weight is 352 g/mol. The second-order valence-electron chi connectivity index (χ2n) is 5.70. The van der Waals surface area contributed by atoms with Gasteiger partial charge in [-0.15, -0.1) is 0 Å². The van der Waals surface area contributed by atoms with E-state index in [4.69, 9.17) is 4.74 Å². The van der Waals surface area contributed by atoms with Gasteiger partial charge < -0.3 is 4.74 Å². The van der Waals surface area contributed by atoms with Gasteiger partial charge in [-0.25, -0.2) is 4.39 Å². The summed E-state index contributed by atoms with van der Waals surface area (Å²) in [6, 6.07) is 18.7. The van der Waals surface area contributed by atoms with Gasteiger partial charge in [-0.2, -0.15) is 0 Å². The van der Waals surface area contributed by atoms with Crippen molar-refractivity contribution < 1.29 is 18.7 Å². The highest BCUT2D eigenvalue weighted by molar-refractivity contribution is 5.99. The first-order chi connectivity index (χ1) is 12.5. The van der Waals surface area contributed by atoms with Crippen LogP contribution in [0.4, 0.5) is 4.39 Å². The number of carbonyl (C=O) groups is 2. The van der Waals surface area contributed by atoms with Gasteiger partial charge in [0.2, 0.25) is 0 Å². The van der Waals surface area contributed by atoms with Crippen molar-refractivity contribution in [2.24, 2.45) is 0 Å². The van der Waals surface area contributed by atoms with Gasteiger partial charge in [0.25, 0.3) is 11.8 Å². The van der Waals surface area contributed by atoms with E-state index < -0.39 is 23.7 Å². The Kier molecular flexibility index (Phi) is 5.12. The Labute approximate surface area is 149 Å². The molecule has 132 valence electrons. The largest absolute Gasteiger partial charge is 0.478 e. The predicted octanol–water partition coefficient (Wildman–Crippen LogP) is 3.21. The zero-order chi connectivity index (χ0) is 18.5. The van der Waals surface area contributed by atoms with E-state index >= 15 is 0 Å². The minimum absolute atomic E-state index is 0.0315. The molecule has 0 bridgehead atoms. The number of para-hydroxylation sites is 1. The van der Waals surface area contributed by atoms with Crippen molar-refractivity contribution in [1.82, 2.24) is 10.9 Å². The zero-order valence-electron chi connectivity index (χ0n) is 14.0. The Hall–Kier alpha value is -3.41. The highest BCUT2D eigenvalue weighted by Crippen LogP contribution is 2.17. The monoisotopic (exact) mass is 352 g/mol. The third-order valence-electron chi connectivity index (χ3n) is 3.82. The lowest BCUT2D eigenvalue weighted by atomic mass is 10.1. The standard InChI is InChI=1S/C20H17FN2O3/c1-13(26-18-9-5-4-8-17(18)21)19(24)22-23-20(25)16-11-10-14-6-2-3-7-15(14)12-16/h2-13H,1H3,(H,22,24)(H,23,25). The minimum Gasteiger partial charge on any atom is -0.478 e. The van der Waals surface area contributed by atoms with Gasteiger partial charge >= 0.3 is 0 Å². The smallest absolute Gasteiger partial charge is 0.279 e. The summed E-state index contributed by atoms with van der Waals surface area (Å²) in [5, 5.41) is 1.93. The van der Waals surface area contributed by atoms with Crippen LogP contribution in [0.3, 0.4) is 0 Å². The minimum atomic E-state index is -0.983. The maximum atomic E-state index is 13.6. The molecule has 3 aromatic carbocycles. The van der Waals surface area contributed by atoms with E-state index in [9.17, 15) is 14.0 Å². The first-order valence-electron chi connectivity index (χ1n) is 8.05. The third kappa shape index (κ3) is 3.97. The molecule has 2 amide bonds. The molecule has 0 heterocycles. The third-order valence-corrected chi connectivity index (χ3v) is 3.82. The van der Waals surface area contributed by atoms with Crippen molar-refractivity contribution in [2.45, 2.75) is 13.0 Å². The van der Waals surface area contributed by atoms with Crippen LogP contribution < -0.4 is 15.6 Å². The van der Waals surface area contributed by atoms with Crippen LogP contribution in [0.1, 0.15) is 17.3 Å². The highest BCUT2D eigenvalue weighted by atomic mass is 19.1. The Morgan fingerprint density at radius 3 is 2.38 bits per heavy atom.